The summed E-state index contributed by atoms with van der Waals surface area (Å²) in [7, 11) is 0. The maximum absolute atomic E-state index is 5.68. The van der Waals surface area contributed by atoms with Crippen LogP contribution >= 0.6 is 0 Å². The second kappa shape index (κ2) is 4.41. The molecule has 1 aromatic carbocycles. The van der Waals surface area contributed by atoms with Crippen LogP contribution in [0.4, 0.5) is 0 Å². The summed E-state index contributed by atoms with van der Waals surface area (Å²) in [5.41, 5.74) is 2.95. The molecule has 3 nitrogen and oxygen atoms in total. The quantitative estimate of drug-likeness (QED) is 0.815. The van der Waals surface area contributed by atoms with Crippen LogP contribution < -0.4 is 9.47 Å². The third kappa shape index (κ3) is 1.68. The van der Waals surface area contributed by atoms with Gasteiger partial charge in [0.15, 0.2) is 11.5 Å². The summed E-state index contributed by atoms with van der Waals surface area (Å²) in [6.45, 7) is 5.18. The van der Waals surface area contributed by atoms with Gasteiger partial charge in [0, 0.05) is 17.5 Å². The van der Waals surface area contributed by atoms with Crippen LogP contribution in [-0.2, 0) is 6.42 Å². The molecule has 102 valence electrons. The Bertz CT molecular complexity index is 500. The average Bonchev–Trinajstić information content (AvgIpc) is 3.05. The third-order valence-corrected chi connectivity index (χ3v) is 4.94. The summed E-state index contributed by atoms with van der Waals surface area (Å²) in [6, 6.07) is 5.15. The summed E-state index contributed by atoms with van der Waals surface area (Å²) >= 11 is 0. The van der Waals surface area contributed by atoms with E-state index >= 15 is 0 Å². The van der Waals surface area contributed by atoms with Crippen molar-refractivity contribution >= 4 is 0 Å². The number of likely N-dealkylation sites (tertiary alicyclic amines) is 1. The molecule has 0 unspecified atom stereocenters. The first-order chi connectivity index (χ1) is 9.38. The van der Waals surface area contributed by atoms with Crippen LogP contribution in [-0.4, -0.2) is 30.8 Å². The van der Waals surface area contributed by atoms with Crippen molar-refractivity contribution < 1.29 is 9.47 Å². The highest BCUT2D eigenvalue weighted by atomic mass is 16.7. The fourth-order valence-electron chi connectivity index (χ4n) is 4.17. The minimum absolute atomic E-state index is 0.391. The Morgan fingerprint density at radius 1 is 1.26 bits per heavy atom. The van der Waals surface area contributed by atoms with Crippen molar-refractivity contribution in [3.05, 3.63) is 23.3 Å². The molecule has 0 aromatic heterocycles. The number of rotatable bonds is 2. The van der Waals surface area contributed by atoms with E-state index in [1.54, 1.807) is 0 Å². The smallest absolute Gasteiger partial charge is 0.231 e. The monoisotopic (exact) mass is 259 g/mol. The number of ether oxygens (including phenoxy) is 2. The molecule has 2 aliphatic heterocycles. The van der Waals surface area contributed by atoms with Crippen molar-refractivity contribution in [2.75, 3.05) is 19.9 Å². The minimum atomic E-state index is 0.391. The molecule has 0 saturated carbocycles. The van der Waals surface area contributed by atoms with E-state index < -0.39 is 0 Å². The van der Waals surface area contributed by atoms with Crippen LogP contribution in [0.25, 0.3) is 0 Å². The first kappa shape index (κ1) is 11.6. The fraction of sp³-hybridized carbons (Fsp3) is 0.625. The number of fused-ring (bicyclic) bond motifs is 5. The Morgan fingerprint density at radius 2 is 2.21 bits per heavy atom. The lowest BCUT2D eigenvalue weighted by Gasteiger charge is -2.33. The molecule has 4 rings (SSSR count). The molecular formula is C16H21NO2. The van der Waals surface area contributed by atoms with Gasteiger partial charge in [0.1, 0.15) is 0 Å². The van der Waals surface area contributed by atoms with E-state index in [1.807, 2.05) is 0 Å². The lowest BCUT2D eigenvalue weighted by Crippen LogP contribution is -2.35. The van der Waals surface area contributed by atoms with Crippen LogP contribution in [0.15, 0.2) is 12.1 Å². The first-order valence-electron chi connectivity index (χ1n) is 7.54. The van der Waals surface area contributed by atoms with Gasteiger partial charge < -0.3 is 9.47 Å². The summed E-state index contributed by atoms with van der Waals surface area (Å²) in [4.78, 5) is 2.69. The second-order valence-electron chi connectivity index (χ2n) is 5.90. The van der Waals surface area contributed by atoms with Gasteiger partial charge in [0.2, 0.25) is 6.79 Å². The standard InChI is InChI=1S/C16H21NO2/c1-2-8-17-9-7-12-11-4-6-15-16(19-10-18-15)13(11)3-5-14(12)17/h4,6,12,14H,2-3,5,7-10H2,1H3/t12-,14-/m1/s1. The molecule has 0 N–H and O–H groups in total. The minimum Gasteiger partial charge on any atom is -0.454 e. The van der Waals surface area contributed by atoms with E-state index in [2.05, 4.69) is 24.0 Å². The predicted molar refractivity (Wildman–Crippen MR) is 73.9 cm³/mol. The van der Waals surface area contributed by atoms with E-state index in [4.69, 9.17) is 9.47 Å². The van der Waals surface area contributed by atoms with Crippen molar-refractivity contribution in [3.63, 3.8) is 0 Å². The van der Waals surface area contributed by atoms with Gasteiger partial charge in [-0.25, -0.2) is 0 Å². The van der Waals surface area contributed by atoms with Crippen molar-refractivity contribution in [2.24, 2.45) is 0 Å². The number of hydrogen-bond donors (Lipinski definition) is 0. The molecule has 3 heteroatoms. The topological polar surface area (TPSA) is 21.7 Å². The van der Waals surface area contributed by atoms with Crippen LogP contribution in [0, 0.1) is 0 Å². The molecule has 0 bridgehead atoms. The maximum atomic E-state index is 5.68. The maximum Gasteiger partial charge on any atom is 0.231 e. The molecule has 2 atom stereocenters. The Balaban J connectivity index is 1.70. The van der Waals surface area contributed by atoms with Gasteiger partial charge in [-0.2, -0.15) is 0 Å². The van der Waals surface area contributed by atoms with Crippen LogP contribution in [0.2, 0.25) is 0 Å². The van der Waals surface area contributed by atoms with Gasteiger partial charge >= 0.3 is 0 Å². The zero-order valence-electron chi connectivity index (χ0n) is 11.5. The summed E-state index contributed by atoms with van der Waals surface area (Å²) in [5, 5.41) is 0. The Hall–Kier alpha value is -1.22. The number of benzene rings is 1. The summed E-state index contributed by atoms with van der Waals surface area (Å²) < 4.78 is 11.2. The molecule has 1 fully saturated rings. The molecule has 3 aliphatic rings. The molecule has 1 aliphatic carbocycles. The van der Waals surface area contributed by atoms with Crippen LogP contribution in [0.5, 0.6) is 11.5 Å². The first-order valence-corrected chi connectivity index (χ1v) is 7.54. The van der Waals surface area contributed by atoms with Gasteiger partial charge in [-0.15, -0.1) is 0 Å². The van der Waals surface area contributed by atoms with E-state index in [1.165, 1.54) is 43.5 Å². The molecule has 0 radical (unpaired) electrons. The molecule has 19 heavy (non-hydrogen) atoms. The van der Waals surface area contributed by atoms with E-state index in [0.717, 1.165) is 24.0 Å². The van der Waals surface area contributed by atoms with E-state index in [-0.39, 0.29) is 0 Å². The number of nitrogens with zero attached hydrogens (tertiary/aromatic N) is 1. The molecule has 1 saturated heterocycles. The summed E-state index contributed by atoms with van der Waals surface area (Å²) in [5.74, 6) is 2.69. The third-order valence-electron chi connectivity index (χ3n) is 4.94. The van der Waals surface area contributed by atoms with E-state index in [0.29, 0.717) is 12.7 Å². The van der Waals surface area contributed by atoms with Crippen LogP contribution in [0.3, 0.4) is 0 Å². The van der Waals surface area contributed by atoms with Crippen molar-refractivity contribution in [2.45, 2.75) is 44.6 Å². The highest BCUT2D eigenvalue weighted by molar-refractivity contribution is 5.54. The highest BCUT2D eigenvalue weighted by Gasteiger charge is 2.40. The largest absolute Gasteiger partial charge is 0.454 e. The highest BCUT2D eigenvalue weighted by Crippen LogP contribution is 2.48. The fourth-order valence-corrected chi connectivity index (χ4v) is 4.17. The normalized spacial score (nSPS) is 28.3. The molecule has 1 aromatic rings. The molecule has 0 amide bonds. The Morgan fingerprint density at radius 3 is 3.11 bits per heavy atom. The summed E-state index contributed by atoms with van der Waals surface area (Å²) in [6.07, 6.45) is 4.98. The van der Waals surface area contributed by atoms with Gasteiger partial charge in [-0.1, -0.05) is 13.0 Å². The zero-order valence-corrected chi connectivity index (χ0v) is 11.5. The van der Waals surface area contributed by atoms with Gasteiger partial charge in [-0.3, -0.25) is 4.90 Å². The molecule has 2 heterocycles. The van der Waals surface area contributed by atoms with Crippen molar-refractivity contribution in [3.8, 4) is 11.5 Å². The molecule has 0 spiro atoms. The lowest BCUT2D eigenvalue weighted by atomic mass is 9.79. The van der Waals surface area contributed by atoms with Gasteiger partial charge in [0.25, 0.3) is 0 Å². The van der Waals surface area contributed by atoms with Crippen LogP contribution in [0.1, 0.15) is 43.2 Å². The van der Waals surface area contributed by atoms with Gasteiger partial charge in [0.05, 0.1) is 0 Å². The Labute approximate surface area is 114 Å². The Kier molecular flexibility index (Phi) is 2.69. The molecular weight excluding hydrogens is 238 g/mol. The predicted octanol–water partition coefficient (Wildman–Crippen LogP) is 2.93. The number of hydrogen-bond acceptors (Lipinski definition) is 3. The van der Waals surface area contributed by atoms with Crippen molar-refractivity contribution in [1.82, 2.24) is 4.90 Å². The average molecular weight is 259 g/mol. The second-order valence-corrected chi connectivity index (χ2v) is 5.90. The van der Waals surface area contributed by atoms with Gasteiger partial charge in [-0.05, 0) is 50.4 Å². The SMILES string of the molecule is CCCN1CC[C@@H]2c3ccc4c(c3CC[C@H]21)OCO4. The van der Waals surface area contributed by atoms with E-state index in [9.17, 15) is 0 Å². The van der Waals surface area contributed by atoms with Crippen molar-refractivity contribution in [1.29, 1.82) is 0 Å². The lowest BCUT2D eigenvalue weighted by molar-refractivity contribution is 0.172. The zero-order chi connectivity index (χ0) is 12.8.